The van der Waals surface area contributed by atoms with Crippen molar-refractivity contribution >= 4 is 39.2 Å². The van der Waals surface area contributed by atoms with Crippen molar-refractivity contribution < 1.29 is 31.6 Å². The van der Waals surface area contributed by atoms with Crippen molar-refractivity contribution in [3.05, 3.63) is 60.1 Å². The summed E-state index contributed by atoms with van der Waals surface area (Å²) in [5, 5.41) is 13.6. The molecule has 4 rings (SSSR count). The number of nitrogens with one attached hydrogen (secondary N) is 3. The number of piperidine rings is 1. The maximum Gasteiger partial charge on any atom is 0.324 e. The van der Waals surface area contributed by atoms with Crippen LogP contribution < -0.4 is 20.7 Å². The minimum atomic E-state index is -3.64. The van der Waals surface area contributed by atoms with Crippen LogP contribution in [-0.4, -0.2) is 59.5 Å². The van der Waals surface area contributed by atoms with Crippen LogP contribution in [0.3, 0.4) is 0 Å². The van der Waals surface area contributed by atoms with Gasteiger partial charge >= 0.3 is 6.03 Å². The van der Waals surface area contributed by atoms with Crippen molar-refractivity contribution in [1.29, 1.82) is 0 Å². The Morgan fingerprint density at radius 1 is 0.978 bits per heavy atom. The van der Waals surface area contributed by atoms with Gasteiger partial charge in [-0.15, -0.1) is 0 Å². The van der Waals surface area contributed by atoms with Crippen molar-refractivity contribution in [2.75, 3.05) is 28.8 Å². The Morgan fingerprint density at radius 3 is 2.11 bits per heavy atom. The molecule has 3 amide bonds. The first-order valence-electron chi connectivity index (χ1n) is 15.1. The SMILES string of the molecule is CC(C)(C)c1cc(NC(=O)Nc2ccc(NC(=O)c3ccc(OCCC4CC(C)(C)N(OS(C)(=O)=O)C(C)(C)C4)cn3)cc2)no1. The zero-order chi connectivity index (χ0) is 33.9. The minimum Gasteiger partial charge on any atom is -0.492 e. The third-order valence-corrected chi connectivity index (χ3v) is 7.96. The van der Waals surface area contributed by atoms with Crippen LogP contribution in [0.2, 0.25) is 0 Å². The Bertz CT molecular complexity index is 1610. The van der Waals surface area contributed by atoms with Crippen LogP contribution in [0.4, 0.5) is 22.0 Å². The van der Waals surface area contributed by atoms with Crippen molar-refractivity contribution in [1.82, 2.24) is 15.2 Å². The lowest BCUT2D eigenvalue weighted by Gasteiger charge is -2.53. The molecule has 1 aliphatic rings. The van der Waals surface area contributed by atoms with Crippen LogP contribution in [0.25, 0.3) is 0 Å². The summed E-state index contributed by atoms with van der Waals surface area (Å²) in [6.45, 7) is 14.3. The molecular weight excluding hydrogens is 612 g/mol. The van der Waals surface area contributed by atoms with E-state index in [2.05, 4.69) is 26.1 Å². The normalized spacial score (nSPS) is 16.9. The highest BCUT2D eigenvalue weighted by Gasteiger charge is 2.47. The van der Waals surface area contributed by atoms with Crippen LogP contribution in [0.15, 0.2) is 53.2 Å². The lowest BCUT2D eigenvalue weighted by atomic mass is 9.74. The number of hydrogen-bond donors (Lipinski definition) is 3. The molecule has 1 aliphatic heterocycles. The summed E-state index contributed by atoms with van der Waals surface area (Å²) in [4.78, 5) is 29.4. The number of urea groups is 1. The summed E-state index contributed by atoms with van der Waals surface area (Å²) in [5.41, 5.74) is 0.0846. The topological polar surface area (TPSA) is 165 Å². The number of hydroxylamine groups is 2. The van der Waals surface area contributed by atoms with Crippen LogP contribution >= 0.6 is 0 Å². The summed E-state index contributed by atoms with van der Waals surface area (Å²) >= 11 is 0. The largest absolute Gasteiger partial charge is 0.492 e. The number of amides is 3. The molecule has 0 bridgehead atoms. The molecule has 1 saturated heterocycles. The van der Waals surface area contributed by atoms with E-state index in [0.717, 1.165) is 25.5 Å². The molecule has 3 N–H and O–H groups in total. The van der Waals surface area contributed by atoms with Crippen LogP contribution in [0.1, 0.15) is 84.0 Å². The van der Waals surface area contributed by atoms with Gasteiger partial charge in [0.2, 0.25) is 0 Å². The fourth-order valence-corrected chi connectivity index (χ4v) is 6.43. The van der Waals surface area contributed by atoms with Gasteiger partial charge in [0, 0.05) is 33.9 Å². The second-order valence-electron chi connectivity index (χ2n) is 13.9. The lowest BCUT2D eigenvalue weighted by molar-refractivity contribution is -0.224. The van der Waals surface area contributed by atoms with E-state index < -0.39 is 33.1 Å². The molecule has 0 atom stereocenters. The van der Waals surface area contributed by atoms with Gasteiger partial charge in [0.1, 0.15) is 17.2 Å². The molecule has 3 aromatic rings. The monoisotopic (exact) mass is 656 g/mol. The number of ether oxygens (including phenoxy) is 1. The summed E-state index contributed by atoms with van der Waals surface area (Å²) in [6.07, 6.45) is 4.84. The number of aromatic nitrogens is 2. The molecule has 14 heteroatoms. The van der Waals surface area contributed by atoms with E-state index in [9.17, 15) is 18.0 Å². The zero-order valence-corrected chi connectivity index (χ0v) is 28.4. The van der Waals surface area contributed by atoms with Gasteiger partial charge in [-0.05, 0) is 89.3 Å². The smallest absolute Gasteiger partial charge is 0.324 e. The molecule has 0 saturated carbocycles. The average Bonchev–Trinajstić information content (AvgIpc) is 3.40. The Hall–Kier alpha value is -4.01. The quantitative estimate of drug-likeness (QED) is 0.229. The molecule has 0 radical (unpaired) electrons. The molecule has 250 valence electrons. The van der Waals surface area contributed by atoms with Gasteiger partial charge in [0.05, 0.1) is 19.1 Å². The molecule has 3 heterocycles. The number of nitrogens with zero attached hydrogens (tertiary/aromatic N) is 3. The number of benzene rings is 1. The first kappa shape index (κ1) is 34.9. The van der Waals surface area contributed by atoms with Crippen LogP contribution in [0.5, 0.6) is 5.75 Å². The highest BCUT2D eigenvalue weighted by atomic mass is 32.2. The van der Waals surface area contributed by atoms with Crippen molar-refractivity contribution in [3.8, 4) is 5.75 Å². The van der Waals surface area contributed by atoms with Crippen LogP contribution in [0, 0.1) is 5.92 Å². The van der Waals surface area contributed by atoms with E-state index in [1.807, 2.05) is 48.5 Å². The molecule has 2 aromatic heterocycles. The lowest BCUT2D eigenvalue weighted by Crippen LogP contribution is -2.60. The fourth-order valence-electron chi connectivity index (χ4n) is 5.75. The Kier molecular flexibility index (Phi) is 10.1. The number of pyridine rings is 1. The van der Waals surface area contributed by atoms with Gasteiger partial charge in [-0.2, -0.15) is 17.8 Å². The van der Waals surface area contributed by atoms with Gasteiger partial charge < -0.3 is 19.9 Å². The molecule has 0 unspecified atom stereocenters. The Balaban J connectivity index is 1.23. The maximum atomic E-state index is 12.8. The van der Waals surface area contributed by atoms with Crippen LogP contribution in [-0.2, 0) is 19.8 Å². The number of carbonyl (C=O) groups is 2. The Morgan fingerprint density at radius 2 is 1.59 bits per heavy atom. The van der Waals surface area contributed by atoms with Gasteiger partial charge in [-0.1, -0.05) is 25.9 Å². The van der Waals surface area contributed by atoms with E-state index in [0.29, 0.717) is 41.2 Å². The molecule has 0 aliphatic carbocycles. The minimum absolute atomic E-state index is 0.220. The molecule has 1 aromatic carbocycles. The summed E-state index contributed by atoms with van der Waals surface area (Å²) < 4.78 is 40.2. The first-order chi connectivity index (χ1) is 21.3. The molecule has 0 spiro atoms. The molecular formula is C32H44N6O7S. The van der Waals surface area contributed by atoms with Gasteiger partial charge in [-0.3, -0.25) is 10.1 Å². The Labute approximate surface area is 270 Å². The van der Waals surface area contributed by atoms with E-state index in [1.165, 1.54) is 6.20 Å². The van der Waals surface area contributed by atoms with E-state index in [1.54, 1.807) is 47.5 Å². The maximum absolute atomic E-state index is 12.8. The molecule has 46 heavy (non-hydrogen) atoms. The fraction of sp³-hybridized carbons (Fsp3) is 0.500. The number of rotatable bonds is 10. The highest BCUT2D eigenvalue weighted by Crippen LogP contribution is 2.43. The predicted octanol–water partition coefficient (Wildman–Crippen LogP) is 6.19. The zero-order valence-electron chi connectivity index (χ0n) is 27.6. The molecule has 1 fully saturated rings. The second kappa shape index (κ2) is 13.4. The van der Waals surface area contributed by atoms with Crippen molar-refractivity contribution in [3.63, 3.8) is 0 Å². The highest BCUT2D eigenvalue weighted by molar-refractivity contribution is 7.85. The molecule has 13 nitrogen and oxygen atoms in total. The summed E-state index contributed by atoms with van der Waals surface area (Å²) in [5.74, 6) is 1.42. The first-order valence-corrected chi connectivity index (χ1v) is 16.9. The van der Waals surface area contributed by atoms with Gasteiger partial charge in [-0.25, -0.2) is 9.78 Å². The van der Waals surface area contributed by atoms with Crippen molar-refractivity contribution in [2.24, 2.45) is 5.92 Å². The van der Waals surface area contributed by atoms with E-state index in [-0.39, 0.29) is 11.1 Å². The number of hydrogen-bond acceptors (Lipinski definition) is 10. The third kappa shape index (κ3) is 9.50. The number of carbonyl (C=O) groups excluding carboxylic acids is 2. The van der Waals surface area contributed by atoms with E-state index in [4.69, 9.17) is 13.5 Å². The standard InChI is InChI=1S/C32H44N6O7S/c1-30(2,3)26-17-27(37-44-26)36-29(40)35-23-11-9-22(10-12-23)34-28(39)25-14-13-24(20-33-25)43-16-15-21-18-31(4,5)38(32(6,7)19-21)45-46(8,41)42/h9-14,17,20-21H,15-16,18-19H2,1-8H3,(H,34,39)(H2,35,36,37,40). The second-order valence-corrected chi connectivity index (χ2v) is 15.5. The number of anilines is 3. The summed E-state index contributed by atoms with van der Waals surface area (Å²) in [6, 6.07) is 11.1. The van der Waals surface area contributed by atoms with Gasteiger partial charge in [0.15, 0.2) is 5.82 Å². The summed E-state index contributed by atoms with van der Waals surface area (Å²) in [7, 11) is -3.64. The van der Waals surface area contributed by atoms with Crippen molar-refractivity contribution in [2.45, 2.75) is 84.2 Å². The van der Waals surface area contributed by atoms with E-state index >= 15 is 0 Å². The predicted molar refractivity (Wildman–Crippen MR) is 175 cm³/mol. The third-order valence-electron chi connectivity index (χ3n) is 7.54. The average molecular weight is 657 g/mol. The van der Waals surface area contributed by atoms with Gasteiger partial charge in [0.25, 0.3) is 16.0 Å².